The highest BCUT2D eigenvalue weighted by atomic mass is 16.2. The average Bonchev–Trinajstić information content (AvgIpc) is 3.10. The van der Waals surface area contributed by atoms with Gasteiger partial charge >= 0.3 is 0 Å². The van der Waals surface area contributed by atoms with E-state index in [0.29, 0.717) is 30.8 Å². The molecule has 2 amide bonds. The van der Waals surface area contributed by atoms with Crippen molar-refractivity contribution >= 4 is 11.8 Å². The second kappa shape index (κ2) is 9.77. The van der Waals surface area contributed by atoms with Crippen molar-refractivity contribution in [3.05, 3.63) is 71.8 Å². The van der Waals surface area contributed by atoms with Crippen LogP contribution in [-0.2, 0) is 22.6 Å². The maximum atomic E-state index is 14.2. The number of likely N-dealkylation sites (tertiary alicyclic amines) is 1. The van der Waals surface area contributed by atoms with E-state index < -0.39 is 5.54 Å². The van der Waals surface area contributed by atoms with Crippen molar-refractivity contribution in [1.29, 1.82) is 0 Å². The molecule has 4 aliphatic rings. The zero-order valence-corrected chi connectivity index (χ0v) is 21.3. The highest BCUT2D eigenvalue weighted by Crippen LogP contribution is 2.58. The fourth-order valence-corrected chi connectivity index (χ4v) is 7.47. The molecule has 2 aromatic rings. The number of benzene rings is 2. The Kier molecular flexibility index (Phi) is 6.71. The minimum atomic E-state index is -0.772. The average molecular weight is 474 g/mol. The van der Waals surface area contributed by atoms with Gasteiger partial charge in [-0.15, -0.1) is 0 Å². The summed E-state index contributed by atoms with van der Waals surface area (Å²) < 4.78 is 0. The number of nitrogens with zero attached hydrogens (tertiary/aromatic N) is 2. The smallest absolute Gasteiger partial charge is 0.247 e. The van der Waals surface area contributed by atoms with Gasteiger partial charge in [0, 0.05) is 45.1 Å². The third kappa shape index (κ3) is 4.29. The molecular weight excluding hydrogens is 434 g/mol. The number of fused-ring (bicyclic) bond motifs is 1. The summed E-state index contributed by atoms with van der Waals surface area (Å²) >= 11 is 0. The highest BCUT2D eigenvalue weighted by Gasteiger charge is 2.71. The van der Waals surface area contributed by atoms with Crippen LogP contribution in [0.2, 0.25) is 0 Å². The second-order valence-electron chi connectivity index (χ2n) is 11.3. The summed E-state index contributed by atoms with van der Waals surface area (Å²) in [7, 11) is 0. The van der Waals surface area contributed by atoms with Crippen molar-refractivity contribution in [1.82, 2.24) is 15.1 Å². The molecule has 3 aliphatic heterocycles. The molecular formula is C30H39N3O2. The predicted octanol–water partition coefficient (Wildman–Crippen LogP) is 4.13. The van der Waals surface area contributed by atoms with Crippen LogP contribution in [0.25, 0.3) is 0 Å². The SMILES string of the molecule is CC(=O)N1CC2CC3CN(Cc4ccccc4)C(C2CC(C)C)C31C(=O)NCCc1ccccc1. The van der Waals surface area contributed by atoms with Crippen LogP contribution in [0.4, 0.5) is 0 Å². The standard InChI is InChI=1S/C30H39N3O2/c1-21(2)16-27-25-17-26-20-32(18-24-12-8-5-9-13-24)28(27)30(26,33(19-25)22(3)34)29(35)31-15-14-23-10-6-4-7-11-23/h4-13,21,25-28H,14-20H2,1-3H3,(H,31,35). The Bertz CT molecular complexity index is 1040. The van der Waals surface area contributed by atoms with Crippen molar-refractivity contribution < 1.29 is 9.59 Å². The number of hydrogen-bond acceptors (Lipinski definition) is 3. The summed E-state index contributed by atoms with van der Waals surface area (Å²) in [4.78, 5) is 31.8. The molecule has 3 heterocycles. The van der Waals surface area contributed by atoms with E-state index in [0.717, 1.165) is 32.4 Å². The first-order chi connectivity index (χ1) is 16.9. The lowest BCUT2D eigenvalue weighted by Crippen LogP contribution is -2.77. The largest absolute Gasteiger partial charge is 0.354 e. The molecule has 5 heteroatoms. The topological polar surface area (TPSA) is 52.7 Å². The molecule has 0 radical (unpaired) electrons. The van der Waals surface area contributed by atoms with Crippen LogP contribution in [0.3, 0.4) is 0 Å². The van der Waals surface area contributed by atoms with Gasteiger partial charge < -0.3 is 10.2 Å². The van der Waals surface area contributed by atoms with Crippen LogP contribution in [0.1, 0.15) is 44.7 Å². The summed E-state index contributed by atoms with van der Waals surface area (Å²) in [5.41, 5.74) is 1.71. The van der Waals surface area contributed by atoms with Gasteiger partial charge in [-0.25, -0.2) is 0 Å². The summed E-state index contributed by atoms with van der Waals surface area (Å²) in [5, 5.41) is 3.30. The van der Waals surface area contributed by atoms with Gasteiger partial charge in [0.1, 0.15) is 5.54 Å². The van der Waals surface area contributed by atoms with E-state index in [-0.39, 0.29) is 23.8 Å². The Hall–Kier alpha value is -2.66. The summed E-state index contributed by atoms with van der Waals surface area (Å²) in [6.45, 7) is 9.22. The quantitative estimate of drug-likeness (QED) is 0.627. The van der Waals surface area contributed by atoms with Crippen molar-refractivity contribution in [2.45, 2.75) is 58.2 Å². The lowest BCUT2D eigenvalue weighted by molar-refractivity contribution is -0.173. The Balaban J connectivity index is 1.47. The van der Waals surface area contributed by atoms with Gasteiger partial charge in [0.25, 0.3) is 0 Å². The molecule has 1 aliphatic carbocycles. The number of amides is 2. The molecule has 5 nitrogen and oxygen atoms in total. The summed E-state index contributed by atoms with van der Waals surface area (Å²) in [6.07, 6.45) is 2.93. The van der Waals surface area contributed by atoms with Crippen molar-refractivity contribution in [2.24, 2.45) is 23.7 Å². The van der Waals surface area contributed by atoms with E-state index >= 15 is 0 Å². The highest BCUT2D eigenvalue weighted by molar-refractivity contribution is 5.93. The fourth-order valence-electron chi connectivity index (χ4n) is 7.47. The van der Waals surface area contributed by atoms with Gasteiger partial charge in [0.2, 0.25) is 11.8 Å². The maximum Gasteiger partial charge on any atom is 0.247 e. The normalized spacial score (nSPS) is 29.5. The van der Waals surface area contributed by atoms with E-state index in [1.807, 2.05) is 23.1 Å². The lowest BCUT2D eigenvalue weighted by atomic mass is 9.56. The van der Waals surface area contributed by atoms with Crippen molar-refractivity contribution in [3.8, 4) is 0 Å². The molecule has 5 unspecified atom stereocenters. The van der Waals surface area contributed by atoms with E-state index in [4.69, 9.17) is 0 Å². The minimum Gasteiger partial charge on any atom is -0.354 e. The van der Waals surface area contributed by atoms with E-state index in [1.54, 1.807) is 6.92 Å². The van der Waals surface area contributed by atoms with Crippen LogP contribution < -0.4 is 5.32 Å². The zero-order valence-electron chi connectivity index (χ0n) is 21.3. The summed E-state index contributed by atoms with van der Waals surface area (Å²) in [6, 6.07) is 20.9. The van der Waals surface area contributed by atoms with E-state index in [9.17, 15) is 9.59 Å². The third-order valence-corrected chi connectivity index (χ3v) is 8.64. The van der Waals surface area contributed by atoms with Crippen molar-refractivity contribution in [3.63, 3.8) is 0 Å². The Morgan fingerprint density at radius 1 is 1.00 bits per heavy atom. The summed E-state index contributed by atoms with van der Waals surface area (Å²) in [5.74, 6) is 1.72. The number of rotatable bonds is 8. The van der Waals surface area contributed by atoms with Crippen LogP contribution in [0.5, 0.6) is 0 Å². The fraction of sp³-hybridized carbons (Fsp3) is 0.533. The molecule has 2 aromatic carbocycles. The van der Waals surface area contributed by atoms with Crippen LogP contribution >= 0.6 is 0 Å². The Morgan fingerprint density at radius 3 is 2.29 bits per heavy atom. The van der Waals surface area contributed by atoms with Gasteiger partial charge in [-0.3, -0.25) is 14.5 Å². The number of nitrogens with one attached hydrogen (secondary N) is 1. The minimum absolute atomic E-state index is 0.0347. The first kappa shape index (κ1) is 24.1. The van der Waals surface area contributed by atoms with Crippen molar-refractivity contribution in [2.75, 3.05) is 19.6 Å². The van der Waals surface area contributed by atoms with Gasteiger partial charge in [0.15, 0.2) is 0 Å². The third-order valence-electron chi connectivity index (χ3n) is 8.64. The number of carbonyl (C=O) groups is 2. The maximum absolute atomic E-state index is 14.2. The van der Waals surface area contributed by atoms with Crippen LogP contribution in [0.15, 0.2) is 60.7 Å². The van der Waals surface area contributed by atoms with Gasteiger partial charge in [-0.2, -0.15) is 0 Å². The first-order valence-electron chi connectivity index (χ1n) is 13.3. The number of hydrogen-bond donors (Lipinski definition) is 1. The number of carbonyl (C=O) groups excluding carboxylic acids is 2. The molecule has 1 saturated carbocycles. The first-order valence-corrected chi connectivity index (χ1v) is 13.3. The molecule has 0 spiro atoms. The zero-order chi connectivity index (χ0) is 24.6. The predicted molar refractivity (Wildman–Crippen MR) is 138 cm³/mol. The van der Waals surface area contributed by atoms with Crippen LogP contribution in [0, 0.1) is 23.7 Å². The molecule has 3 saturated heterocycles. The van der Waals surface area contributed by atoms with E-state index in [1.165, 1.54) is 11.1 Å². The second-order valence-corrected chi connectivity index (χ2v) is 11.3. The molecule has 4 fully saturated rings. The molecule has 186 valence electrons. The molecule has 35 heavy (non-hydrogen) atoms. The van der Waals surface area contributed by atoms with Gasteiger partial charge in [-0.1, -0.05) is 74.5 Å². The molecule has 4 bridgehead atoms. The molecule has 5 atom stereocenters. The Morgan fingerprint density at radius 2 is 1.66 bits per heavy atom. The molecule has 1 N–H and O–H groups in total. The molecule has 6 rings (SSSR count). The lowest BCUT2D eigenvalue weighted by Gasteiger charge is -2.61. The van der Waals surface area contributed by atoms with Crippen LogP contribution in [-0.4, -0.2) is 52.8 Å². The number of piperidine rings is 2. The van der Waals surface area contributed by atoms with Gasteiger partial charge in [0.05, 0.1) is 0 Å². The van der Waals surface area contributed by atoms with Gasteiger partial charge in [-0.05, 0) is 48.1 Å². The van der Waals surface area contributed by atoms with E-state index in [2.05, 4.69) is 66.5 Å². The Labute approximate surface area is 209 Å². The monoisotopic (exact) mass is 473 g/mol. The molecule has 0 aromatic heterocycles.